The van der Waals surface area contributed by atoms with Crippen LogP contribution in [0.25, 0.3) is 0 Å². The molecule has 0 amide bonds. The Bertz CT molecular complexity index is 289. The molecule has 2 nitrogen and oxygen atoms in total. The molecular formula is C9H10Br2O2. The number of hydrogen-bond donors (Lipinski definition) is 2. The third-order valence-corrected chi connectivity index (χ3v) is 3.09. The van der Waals surface area contributed by atoms with Crippen LogP contribution in [0.15, 0.2) is 21.1 Å². The van der Waals surface area contributed by atoms with Crippen molar-refractivity contribution in [3.8, 4) is 5.75 Å². The zero-order valence-electron chi connectivity index (χ0n) is 7.09. The number of rotatable bonds is 2. The normalized spacial score (nSPS) is 12.9. The molecule has 0 radical (unpaired) electrons. The van der Waals surface area contributed by atoms with Gasteiger partial charge in [0, 0.05) is 12.5 Å². The van der Waals surface area contributed by atoms with E-state index in [2.05, 4.69) is 31.9 Å². The highest BCUT2D eigenvalue weighted by Gasteiger charge is 2.10. The van der Waals surface area contributed by atoms with Gasteiger partial charge in [0.2, 0.25) is 0 Å². The Morgan fingerprint density at radius 3 is 2.15 bits per heavy atom. The number of benzene rings is 1. The number of aliphatic hydroxyl groups is 1. The topological polar surface area (TPSA) is 40.5 Å². The first-order chi connectivity index (χ1) is 6.06. The fraction of sp³-hybridized carbons (Fsp3) is 0.333. The van der Waals surface area contributed by atoms with Crippen molar-refractivity contribution in [1.29, 1.82) is 0 Å². The standard InChI is InChI=1S/C9H10Br2O2/c1-5(4-12)6-2-7(10)9(13)8(11)3-6/h2-3,5,12-13H,4H2,1H3. The van der Waals surface area contributed by atoms with Crippen molar-refractivity contribution >= 4 is 31.9 Å². The van der Waals surface area contributed by atoms with E-state index in [1.165, 1.54) is 0 Å². The summed E-state index contributed by atoms with van der Waals surface area (Å²) in [5, 5.41) is 18.4. The fourth-order valence-corrected chi connectivity index (χ4v) is 2.20. The van der Waals surface area contributed by atoms with Gasteiger partial charge < -0.3 is 10.2 Å². The molecule has 0 saturated heterocycles. The Morgan fingerprint density at radius 1 is 1.31 bits per heavy atom. The summed E-state index contributed by atoms with van der Waals surface area (Å²) >= 11 is 6.47. The van der Waals surface area contributed by atoms with Crippen molar-refractivity contribution in [3.05, 3.63) is 26.6 Å². The average molecular weight is 310 g/mol. The molecule has 0 aromatic heterocycles. The second kappa shape index (κ2) is 4.44. The third kappa shape index (κ3) is 2.45. The zero-order chi connectivity index (χ0) is 10.0. The lowest BCUT2D eigenvalue weighted by atomic mass is 10.0. The third-order valence-electron chi connectivity index (χ3n) is 1.88. The van der Waals surface area contributed by atoms with E-state index in [1.807, 2.05) is 6.92 Å². The Labute approximate surface area is 93.8 Å². The lowest BCUT2D eigenvalue weighted by molar-refractivity contribution is 0.273. The first kappa shape index (κ1) is 11.0. The summed E-state index contributed by atoms with van der Waals surface area (Å²) in [5.74, 6) is 0.266. The summed E-state index contributed by atoms with van der Waals surface area (Å²) in [6.07, 6.45) is 0. The molecule has 1 aromatic rings. The van der Waals surface area contributed by atoms with Gasteiger partial charge in [-0.3, -0.25) is 0 Å². The van der Waals surface area contributed by atoms with Crippen molar-refractivity contribution in [1.82, 2.24) is 0 Å². The van der Waals surface area contributed by atoms with E-state index in [4.69, 9.17) is 5.11 Å². The summed E-state index contributed by atoms with van der Waals surface area (Å²) < 4.78 is 1.27. The predicted octanol–water partition coefficient (Wildman–Crippen LogP) is 3.01. The first-order valence-corrected chi connectivity index (χ1v) is 5.43. The summed E-state index contributed by atoms with van der Waals surface area (Å²) in [6, 6.07) is 3.61. The first-order valence-electron chi connectivity index (χ1n) is 3.85. The maximum atomic E-state index is 9.43. The van der Waals surface area contributed by atoms with Crippen LogP contribution in [0.5, 0.6) is 5.75 Å². The van der Waals surface area contributed by atoms with Crippen LogP contribution in [0.4, 0.5) is 0 Å². The minimum atomic E-state index is 0.0770. The molecule has 0 aliphatic rings. The lowest BCUT2D eigenvalue weighted by Crippen LogP contribution is -1.98. The minimum absolute atomic E-state index is 0.0770. The van der Waals surface area contributed by atoms with Gasteiger partial charge in [-0.15, -0.1) is 0 Å². The highest BCUT2D eigenvalue weighted by molar-refractivity contribution is 9.11. The molecule has 0 aliphatic carbocycles. The fourth-order valence-electron chi connectivity index (χ4n) is 0.975. The van der Waals surface area contributed by atoms with Crippen LogP contribution in [-0.4, -0.2) is 16.8 Å². The molecule has 0 spiro atoms. The second-order valence-corrected chi connectivity index (χ2v) is 4.63. The second-order valence-electron chi connectivity index (χ2n) is 2.92. The highest BCUT2D eigenvalue weighted by Crippen LogP contribution is 2.35. The van der Waals surface area contributed by atoms with Gasteiger partial charge in [0.1, 0.15) is 5.75 Å². The maximum absolute atomic E-state index is 9.43. The van der Waals surface area contributed by atoms with E-state index in [-0.39, 0.29) is 18.3 Å². The molecule has 1 aromatic carbocycles. The molecule has 4 heteroatoms. The SMILES string of the molecule is CC(CO)c1cc(Br)c(O)c(Br)c1. The molecular weight excluding hydrogens is 300 g/mol. The Kier molecular flexibility index (Phi) is 3.76. The van der Waals surface area contributed by atoms with Gasteiger partial charge in [0.05, 0.1) is 8.95 Å². The van der Waals surface area contributed by atoms with Crippen LogP contribution in [0.1, 0.15) is 18.4 Å². The van der Waals surface area contributed by atoms with Crippen LogP contribution >= 0.6 is 31.9 Å². The van der Waals surface area contributed by atoms with Crippen LogP contribution in [0.2, 0.25) is 0 Å². The summed E-state index contributed by atoms with van der Waals surface area (Å²) in [4.78, 5) is 0. The Hall–Kier alpha value is -0.0600. The van der Waals surface area contributed by atoms with Crippen molar-refractivity contribution in [3.63, 3.8) is 0 Å². The highest BCUT2D eigenvalue weighted by atomic mass is 79.9. The molecule has 13 heavy (non-hydrogen) atoms. The van der Waals surface area contributed by atoms with Gasteiger partial charge in [0.25, 0.3) is 0 Å². The molecule has 0 bridgehead atoms. The molecule has 0 heterocycles. The summed E-state index contributed by atoms with van der Waals surface area (Å²) in [6.45, 7) is 2.02. The number of hydrogen-bond acceptors (Lipinski definition) is 2. The minimum Gasteiger partial charge on any atom is -0.506 e. The Morgan fingerprint density at radius 2 is 1.77 bits per heavy atom. The van der Waals surface area contributed by atoms with Gasteiger partial charge in [0.15, 0.2) is 0 Å². The van der Waals surface area contributed by atoms with Crippen molar-refractivity contribution in [2.45, 2.75) is 12.8 Å². The van der Waals surface area contributed by atoms with Gasteiger partial charge in [-0.1, -0.05) is 6.92 Å². The predicted molar refractivity (Wildman–Crippen MR) is 59.0 cm³/mol. The van der Waals surface area contributed by atoms with Gasteiger partial charge in [-0.05, 0) is 49.6 Å². The van der Waals surface area contributed by atoms with E-state index in [1.54, 1.807) is 12.1 Å². The average Bonchev–Trinajstić information content (AvgIpc) is 2.12. The lowest BCUT2D eigenvalue weighted by Gasteiger charge is -2.10. The maximum Gasteiger partial charge on any atom is 0.143 e. The van der Waals surface area contributed by atoms with Crippen LogP contribution < -0.4 is 0 Å². The Balaban J connectivity index is 3.13. The number of phenolic OH excluding ortho intramolecular Hbond substituents is 1. The van der Waals surface area contributed by atoms with Gasteiger partial charge in [-0.25, -0.2) is 0 Å². The van der Waals surface area contributed by atoms with Crippen molar-refractivity contribution in [2.24, 2.45) is 0 Å². The van der Waals surface area contributed by atoms with Crippen LogP contribution in [0, 0.1) is 0 Å². The number of phenols is 1. The van der Waals surface area contributed by atoms with E-state index < -0.39 is 0 Å². The van der Waals surface area contributed by atoms with E-state index >= 15 is 0 Å². The molecule has 0 aliphatic heterocycles. The monoisotopic (exact) mass is 308 g/mol. The van der Waals surface area contributed by atoms with E-state index in [0.717, 1.165) is 5.56 Å². The molecule has 1 atom stereocenters. The smallest absolute Gasteiger partial charge is 0.143 e. The molecule has 2 N–H and O–H groups in total. The van der Waals surface area contributed by atoms with Crippen LogP contribution in [-0.2, 0) is 0 Å². The quantitative estimate of drug-likeness (QED) is 0.881. The van der Waals surface area contributed by atoms with Gasteiger partial charge >= 0.3 is 0 Å². The van der Waals surface area contributed by atoms with Crippen LogP contribution in [0.3, 0.4) is 0 Å². The largest absolute Gasteiger partial charge is 0.506 e. The van der Waals surface area contributed by atoms with Crippen molar-refractivity contribution in [2.75, 3.05) is 6.61 Å². The molecule has 72 valence electrons. The van der Waals surface area contributed by atoms with E-state index in [0.29, 0.717) is 8.95 Å². The zero-order valence-corrected chi connectivity index (χ0v) is 10.3. The number of aromatic hydroxyl groups is 1. The molecule has 1 rings (SSSR count). The van der Waals surface area contributed by atoms with Gasteiger partial charge in [-0.2, -0.15) is 0 Å². The molecule has 0 saturated carbocycles. The summed E-state index contributed by atoms with van der Waals surface area (Å²) in [7, 11) is 0. The molecule has 0 fully saturated rings. The number of halogens is 2. The van der Waals surface area contributed by atoms with Crippen molar-refractivity contribution < 1.29 is 10.2 Å². The van der Waals surface area contributed by atoms with E-state index in [9.17, 15) is 5.11 Å². The molecule has 1 unspecified atom stereocenters. The number of aliphatic hydroxyl groups excluding tert-OH is 1. The summed E-state index contributed by atoms with van der Waals surface area (Å²) in [5.41, 5.74) is 0.985.